The summed E-state index contributed by atoms with van der Waals surface area (Å²) in [5, 5.41) is 2.99. The van der Waals surface area contributed by atoms with Crippen molar-refractivity contribution in [3.8, 4) is 23.0 Å². The maximum absolute atomic E-state index is 14.3. The van der Waals surface area contributed by atoms with Crippen molar-refractivity contribution in [1.82, 2.24) is 10.2 Å². The fourth-order valence-corrected chi connectivity index (χ4v) is 6.13. The molecule has 0 saturated heterocycles. The summed E-state index contributed by atoms with van der Waals surface area (Å²) in [7, 11) is 2.66. The average molecular weight is 634 g/mol. The molecule has 0 aliphatic rings. The summed E-state index contributed by atoms with van der Waals surface area (Å²) in [6.07, 6.45) is 0.265. The van der Waals surface area contributed by atoms with E-state index in [2.05, 4.69) is 5.32 Å². The Hall–Kier alpha value is -4.16. The molecule has 11 nitrogen and oxygen atoms in total. The maximum atomic E-state index is 14.3. The van der Waals surface area contributed by atoms with Crippen molar-refractivity contribution in [2.45, 2.75) is 30.8 Å². The van der Waals surface area contributed by atoms with Gasteiger partial charge in [-0.2, -0.15) is 0 Å². The van der Waals surface area contributed by atoms with Gasteiger partial charge in [0.2, 0.25) is 11.8 Å². The zero-order valence-electron chi connectivity index (χ0n) is 24.9. The van der Waals surface area contributed by atoms with E-state index in [-0.39, 0.29) is 35.0 Å². The SMILES string of the molecule is CCC(C(=O)NC)N(Cc1ccccc1Cl)C(=O)CN(c1cc(OC)ccc1OC)S(=O)(=O)c1ccc(OC)c(OC)c1. The summed E-state index contributed by atoms with van der Waals surface area (Å²) >= 11 is 6.42. The van der Waals surface area contributed by atoms with Crippen LogP contribution in [-0.4, -0.2) is 73.2 Å². The van der Waals surface area contributed by atoms with Crippen molar-refractivity contribution in [3.63, 3.8) is 0 Å². The molecular weight excluding hydrogens is 598 g/mol. The number of hydrogen-bond donors (Lipinski definition) is 1. The first-order chi connectivity index (χ1) is 20.6. The van der Waals surface area contributed by atoms with Crippen LogP contribution in [0.2, 0.25) is 5.02 Å². The third-order valence-corrected chi connectivity index (χ3v) is 8.93. The van der Waals surface area contributed by atoms with Crippen LogP contribution in [0.5, 0.6) is 23.0 Å². The number of sulfonamides is 1. The number of carbonyl (C=O) groups excluding carboxylic acids is 2. The largest absolute Gasteiger partial charge is 0.497 e. The fourth-order valence-electron chi connectivity index (χ4n) is 4.51. The number of hydrogen-bond acceptors (Lipinski definition) is 8. The number of nitrogens with zero attached hydrogens (tertiary/aromatic N) is 2. The van der Waals surface area contributed by atoms with Crippen molar-refractivity contribution in [1.29, 1.82) is 0 Å². The minimum Gasteiger partial charge on any atom is -0.497 e. The fraction of sp³-hybridized carbons (Fsp3) is 0.333. The molecule has 232 valence electrons. The minimum absolute atomic E-state index is 0.0378. The van der Waals surface area contributed by atoms with Gasteiger partial charge in [-0.05, 0) is 42.3 Å². The number of anilines is 1. The van der Waals surface area contributed by atoms with E-state index >= 15 is 0 Å². The summed E-state index contributed by atoms with van der Waals surface area (Å²) in [6.45, 7) is 1.04. The van der Waals surface area contributed by atoms with Crippen LogP contribution in [0.3, 0.4) is 0 Å². The van der Waals surface area contributed by atoms with Crippen LogP contribution < -0.4 is 28.6 Å². The lowest BCUT2D eigenvalue weighted by Gasteiger charge is -2.33. The van der Waals surface area contributed by atoms with Crippen molar-refractivity contribution in [2.24, 2.45) is 0 Å². The number of ether oxygens (including phenoxy) is 4. The zero-order valence-corrected chi connectivity index (χ0v) is 26.5. The molecule has 0 fully saturated rings. The molecule has 1 atom stereocenters. The average Bonchev–Trinajstić information content (AvgIpc) is 3.03. The summed E-state index contributed by atoms with van der Waals surface area (Å²) in [5.74, 6) is -0.0432. The highest BCUT2D eigenvalue weighted by molar-refractivity contribution is 7.92. The molecule has 0 heterocycles. The molecule has 43 heavy (non-hydrogen) atoms. The molecule has 0 saturated carbocycles. The number of methoxy groups -OCH3 is 4. The molecule has 1 unspecified atom stereocenters. The summed E-state index contributed by atoms with van der Waals surface area (Å²) in [5.41, 5.74) is 0.642. The predicted molar refractivity (Wildman–Crippen MR) is 164 cm³/mol. The van der Waals surface area contributed by atoms with Gasteiger partial charge in [0.05, 0.1) is 39.0 Å². The molecule has 13 heteroatoms. The van der Waals surface area contributed by atoms with Crippen LogP contribution >= 0.6 is 11.6 Å². The topological polar surface area (TPSA) is 124 Å². The van der Waals surface area contributed by atoms with Crippen molar-refractivity contribution < 1.29 is 37.0 Å². The monoisotopic (exact) mass is 633 g/mol. The third-order valence-electron chi connectivity index (χ3n) is 6.81. The van der Waals surface area contributed by atoms with Crippen LogP contribution in [0.25, 0.3) is 0 Å². The van der Waals surface area contributed by atoms with Gasteiger partial charge >= 0.3 is 0 Å². The lowest BCUT2D eigenvalue weighted by atomic mass is 10.1. The van der Waals surface area contributed by atoms with Crippen LogP contribution in [0.1, 0.15) is 18.9 Å². The van der Waals surface area contributed by atoms with Gasteiger partial charge in [0.1, 0.15) is 24.1 Å². The Kier molecular flexibility index (Phi) is 11.5. The molecule has 3 rings (SSSR count). The van der Waals surface area contributed by atoms with Crippen LogP contribution in [0.4, 0.5) is 5.69 Å². The van der Waals surface area contributed by atoms with E-state index in [9.17, 15) is 18.0 Å². The molecule has 0 aliphatic carbocycles. The Labute approximate surface area is 257 Å². The number of amides is 2. The standard InChI is InChI=1S/C30H36ClN3O8S/c1-7-24(30(36)32-2)33(18-20-10-8-9-11-23(20)31)29(35)19-34(25-16-21(39-3)12-14-26(25)40-4)43(37,38)22-13-15-27(41-5)28(17-22)42-6/h8-17,24H,7,18-19H2,1-6H3,(H,32,36). The van der Waals surface area contributed by atoms with Crippen molar-refractivity contribution in [3.05, 3.63) is 71.2 Å². The first kappa shape index (κ1) is 33.3. The third kappa shape index (κ3) is 7.44. The smallest absolute Gasteiger partial charge is 0.265 e. The Bertz CT molecular complexity index is 1550. The summed E-state index contributed by atoms with van der Waals surface area (Å²) in [4.78, 5) is 28.3. The van der Waals surface area contributed by atoms with Gasteiger partial charge in [0, 0.05) is 30.7 Å². The molecule has 0 bridgehead atoms. The van der Waals surface area contributed by atoms with E-state index in [4.69, 9.17) is 30.5 Å². The number of carbonyl (C=O) groups is 2. The van der Waals surface area contributed by atoms with Gasteiger partial charge in [-0.1, -0.05) is 36.7 Å². The molecule has 1 N–H and O–H groups in total. The number of rotatable bonds is 14. The normalized spacial score (nSPS) is 11.7. The van der Waals surface area contributed by atoms with E-state index < -0.39 is 34.4 Å². The Morgan fingerprint density at radius 1 is 0.884 bits per heavy atom. The number of likely N-dealkylation sites (N-methyl/N-ethyl adjacent to an activating group) is 1. The van der Waals surface area contributed by atoms with Gasteiger partial charge in [-0.15, -0.1) is 0 Å². The maximum Gasteiger partial charge on any atom is 0.265 e. The van der Waals surface area contributed by atoms with Gasteiger partial charge in [-0.25, -0.2) is 8.42 Å². The molecule has 0 aromatic heterocycles. The first-order valence-corrected chi connectivity index (χ1v) is 15.1. The highest BCUT2D eigenvalue weighted by atomic mass is 35.5. The predicted octanol–water partition coefficient (Wildman–Crippen LogP) is 4.12. The second kappa shape index (κ2) is 14.8. The Balaban J connectivity index is 2.21. The van der Waals surface area contributed by atoms with E-state index in [0.29, 0.717) is 22.1 Å². The Morgan fingerprint density at radius 2 is 1.53 bits per heavy atom. The van der Waals surface area contributed by atoms with E-state index in [1.807, 2.05) is 0 Å². The van der Waals surface area contributed by atoms with Crippen molar-refractivity contribution >= 4 is 39.1 Å². The van der Waals surface area contributed by atoms with Crippen LogP contribution in [0, 0.1) is 0 Å². The lowest BCUT2D eigenvalue weighted by Crippen LogP contribution is -2.51. The van der Waals surface area contributed by atoms with E-state index in [1.165, 1.54) is 70.7 Å². The van der Waals surface area contributed by atoms with Crippen LogP contribution in [0.15, 0.2) is 65.6 Å². The second-order valence-electron chi connectivity index (χ2n) is 9.22. The van der Waals surface area contributed by atoms with E-state index in [0.717, 1.165) is 4.31 Å². The highest BCUT2D eigenvalue weighted by Crippen LogP contribution is 2.38. The molecular formula is C30H36ClN3O8S. The minimum atomic E-state index is -4.45. The van der Waals surface area contributed by atoms with E-state index in [1.54, 1.807) is 37.3 Å². The number of halogens is 1. The molecule has 3 aromatic rings. The number of nitrogens with one attached hydrogen (secondary N) is 1. The number of benzene rings is 3. The first-order valence-electron chi connectivity index (χ1n) is 13.3. The van der Waals surface area contributed by atoms with Crippen LogP contribution in [-0.2, 0) is 26.2 Å². The van der Waals surface area contributed by atoms with Gasteiger partial charge in [0.15, 0.2) is 11.5 Å². The lowest BCUT2D eigenvalue weighted by molar-refractivity contribution is -0.140. The molecule has 2 amide bonds. The summed E-state index contributed by atoms with van der Waals surface area (Å²) in [6, 6.07) is 14.7. The Morgan fingerprint density at radius 3 is 2.12 bits per heavy atom. The quantitative estimate of drug-likeness (QED) is 0.281. The molecule has 3 aromatic carbocycles. The van der Waals surface area contributed by atoms with Gasteiger partial charge in [-0.3, -0.25) is 13.9 Å². The molecule has 0 spiro atoms. The highest BCUT2D eigenvalue weighted by Gasteiger charge is 2.35. The summed E-state index contributed by atoms with van der Waals surface area (Å²) < 4.78 is 51.1. The van der Waals surface area contributed by atoms with Gasteiger partial charge < -0.3 is 29.2 Å². The molecule has 0 aliphatic heterocycles. The van der Waals surface area contributed by atoms with Gasteiger partial charge in [0.25, 0.3) is 10.0 Å². The van der Waals surface area contributed by atoms with Crippen molar-refractivity contribution in [2.75, 3.05) is 46.3 Å². The molecule has 0 radical (unpaired) electrons. The second-order valence-corrected chi connectivity index (χ2v) is 11.5. The zero-order chi connectivity index (χ0) is 31.7.